The quantitative estimate of drug-likeness (QED) is 0.142. The molecule has 51 heavy (non-hydrogen) atoms. The third kappa shape index (κ3) is 9.55. The maximum absolute atomic E-state index is 14.8. The molecule has 0 aromatic heterocycles. The lowest BCUT2D eigenvalue weighted by Crippen LogP contribution is -2.55. The Kier molecular flexibility index (Phi) is 12.9. The van der Waals surface area contributed by atoms with Crippen LogP contribution in [0.5, 0.6) is 11.5 Å². The van der Waals surface area contributed by atoms with Crippen LogP contribution in [0.15, 0.2) is 95.9 Å². The van der Waals surface area contributed by atoms with Gasteiger partial charge in [-0.25, -0.2) is 8.42 Å². The number of aryl methyl sites for hydroxylation is 1. The topological polar surface area (TPSA) is 105 Å². The van der Waals surface area contributed by atoms with Crippen molar-refractivity contribution in [3.63, 3.8) is 0 Å². The van der Waals surface area contributed by atoms with E-state index in [0.29, 0.717) is 21.4 Å². The Morgan fingerprint density at radius 1 is 0.824 bits per heavy atom. The highest BCUT2D eigenvalue weighted by atomic mass is 35.5. The molecule has 0 heterocycles. The second-order valence-electron chi connectivity index (χ2n) is 12.7. The van der Waals surface area contributed by atoms with Crippen LogP contribution in [0.2, 0.25) is 10.0 Å². The van der Waals surface area contributed by atoms with Crippen molar-refractivity contribution in [1.29, 1.82) is 0 Å². The maximum atomic E-state index is 14.8. The fourth-order valence-corrected chi connectivity index (χ4v) is 8.01. The number of carbonyl (C=O) groups is 2. The maximum Gasteiger partial charge on any atom is 0.264 e. The second kappa shape index (κ2) is 17.3. The first kappa shape index (κ1) is 38.0. The van der Waals surface area contributed by atoms with E-state index < -0.39 is 28.5 Å². The Labute approximate surface area is 310 Å². The molecule has 0 saturated heterocycles. The number of sulfonamides is 1. The summed E-state index contributed by atoms with van der Waals surface area (Å²) in [4.78, 5) is 30.6. The van der Waals surface area contributed by atoms with Crippen molar-refractivity contribution in [2.45, 2.75) is 69.0 Å². The average Bonchev–Trinajstić information content (AvgIpc) is 3.14. The molecule has 1 aliphatic rings. The number of benzene rings is 4. The number of amides is 2. The highest BCUT2D eigenvalue weighted by Crippen LogP contribution is 2.34. The predicted octanol–water partition coefficient (Wildman–Crippen LogP) is 7.60. The van der Waals surface area contributed by atoms with E-state index in [1.54, 1.807) is 42.5 Å². The average molecular weight is 753 g/mol. The van der Waals surface area contributed by atoms with Crippen LogP contribution in [0.4, 0.5) is 5.69 Å². The molecule has 0 aliphatic heterocycles. The van der Waals surface area contributed by atoms with Gasteiger partial charge in [-0.3, -0.25) is 13.9 Å². The highest BCUT2D eigenvalue weighted by Gasteiger charge is 2.36. The lowest BCUT2D eigenvalue weighted by Gasteiger charge is -2.35. The largest absolute Gasteiger partial charge is 0.493 e. The molecule has 0 bridgehead atoms. The van der Waals surface area contributed by atoms with Crippen LogP contribution in [-0.4, -0.2) is 58.0 Å². The summed E-state index contributed by atoms with van der Waals surface area (Å²) in [6, 6.07) is 24.5. The van der Waals surface area contributed by atoms with Gasteiger partial charge in [-0.2, -0.15) is 0 Å². The molecule has 0 radical (unpaired) electrons. The Hall–Kier alpha value is -4.25. The van der Waals surface area contributed by atoms with Gasteiger partial charge in [0, 0.05) is 25.1 Å². The molecule has 1 fully saturated rings. The number of rotatable bonds is 14. The van der Waals surface area contributed by atoms with Gasteiger partial charge in [-0.1, -0.05) is 96.6 Å². The summed E-state index contributed by atoms with van der Waals surface area (Å²) in [5, 5.41) is 3.85. The first-order valence-electron chi connectivity index (χ1n) is 16.9. The fourth-order valence-electron chi connectivity index (χ4n) is 6.28. The Morgan fingerprint density at radius 3 is 2.16 bits per heavy atom. The number of ether oxygens (including phenoxy) is 2. The summed E-state index contributed by atoms with van der Waals surface area (Å²) in [6.07, 6.45) is 5.05. The van der Waals surface area contributed by atoms with E-state index in [-0.39, 0.29) is 41.2 Å². The first-order valence-corrected chi connectivity index (χ1v) is 19.1. The molecule has 1 aliphatic carbocycles. The minimum absolute atomic E-state index is 0.00240. The predicted molar refractivity (Wildman–Crippen MR) is 201 cm³/mol. The molecule has 9 nitrogen and oxygen atoms in total. The van der Waals surface area contributed by atoms with Crippen molar-refractivity contribution in [1.82, 2.24) is 10.2 Å². The van der Waals surface area contributed by atoms with E-state index in [0.717, 1.165) is 47.5 Å². The molecule has 12 heteroatoms. The van der Waals surface area contributed by atoms with E-state index in [1.807, 2.05) is 37.3 Å². The minimum Gasteiger partial charge on any atom is -0.493 e. The summed E-state index contributed by atoms with van der Waals surface area (Å²) in [6.45, 7) is 1.21. The minimum atomic E-state index is -4.31. The summed E-state index contributed by atoms with van der Waals surface area (Å²) in [7, 11) is -1.38. The van der Waals surface area contributed by atoms with Crippen LogP contribution >= 0.6 is 23.2 Å². The van der Waals surface area contributed by atoms with E-state index in [4.69, 9.17) is 32.7 Å². The zero-order valence-electron chi connectivity index (χ0n) is 29.0. The zero-order valence-corrected chi connectivity index (χ0v) is 31.3. The van der Waals surface area contributed by atoms with E-state index in [1.165, 1.54) is 37.3 Å². The van der Waals surface area contributed by atoms with Gasteiger partial charge in [-0.05, 0) is 67.3 Å². The number of halogens is 2. The molecule has 4 aromatic carbocycles. The van der Waals surface area contributed by atoms with Crippen LogP contribution in [0, 0.1) is 6.92 Å². The van der Waals surface area contributed by atoms with Crippen LogP contribution in [0.1, 0.15) is 48.8 Å². The van der Waals surface area contributed by atoms with Crippen molar-refractivity contribution in [3.8, 4) is 11.5 Å². The van der Waals surface area contributed by atoms with E-state index in [2.05, 4.69) is 5.32 Å². The van der Waals surface area contributed by atoms with Crippen LogP contribution in [0.25, 0.3) is 0 Å². The van der Waals surface area contributed by atoms with Crippen molar-refractivity contribution in [2.24, 2.45) is 0 Å². The second-order valence-corrected chi connectivity index (χ2v) is 15.4. The van der Waals surface area contributed by atoms with Crippen molar-refractivity contribution >= 4 is 50.7 Å². The standard InChI is InChI=1S/C39H43Cl2N3O6S/c1-27-14-18-32(19-15-27)51(47,48)44(31-17-21-36(49-2)37(24-31)50-3)26-38(45)43(25-29-16-20-33(40)34(41)22-29)35(23-28-10-6-4-7-11-28)39(46)42-30-12-8-5-9-13-30/h4,6-7,10-11,14-22,24,30,35H,5,8-9,12-13,23,25-26H2,1-3H3,(H,42,46)/t35-/m0/s1. The molecule has 0 spiro atoms. The number of methoxy groups -OCH3 is 2. The fraction of sp³-hybridized carbons (Fsp3) is 0.333. The van der Waals surface area contributed by atoms with Crippen molar-refractivity contribution in [2.75, 3.05) is 25.1 Å². The number of anilines is 1. The van der Waals surface area contributed by atoms with Gasteiger partial charge in [0.2, 0.25) is 11.8 Å². The Bertz CT molecular complexity index is 1920. The number of nitrogens with zero attached hydrogens (tertiary/aromatic N) is 2. The Balaban J connectivity index is 1.60. The lowest BCUT2D eigenvalue weighted by molar-refractivity contribution is -0.140. The summed E-state index contributed by atoms with van der Waals surface area (Å²) in [5.74, 6) is -0.221. The Morgan fingerprint density at radius 2 is 1.51 bits per heavy atom. The van der Waals surface area contributed by atoms with Crippen molar-refractivity contribution < 1.29 is 27.5 Å². The van der Waals surface area contributed by atoms with Gasteiger partial charge in [0.25, 0.3) is 10.0 Å². The van der Waals surface area contributed by atoms with E-state index in [9.17, 15) is 18.0 Å². The summed E-state index contributed by atoms with van der Waals surface area (Å²) < 4.78 is 40.8. The molecular weight excluding hydrogens is 709 g/mol. The number of hydrogen-bond acceptors (Lipinski definition) is 6. The molecular formula is C39H43Cl2N3O6S. The third-order valence-corrected chi connectivity index (χ3v) is 11.6. The molecule has 1 N–H and O–H groups in total. The van der Waals surface area contributed by atoms with E-state index >= 15 is 0 Å². The van der Waals surface area contributed by atoms with Crippen LogP contribution < -0.4 is 19.1 Å². The summed E-state index contributed by atoms with van der Waals surface area (Å²) >= 11 is 12.7. The first-order chi connectivity index (χ1) is 24.5. The summed E-state index contributed by atoms with van der Waals surface area (Å²) in [5.41, 5.74) is 2.53. The molecule has 5 rings (SSSR count). The van der Waals surface area contributed by atoms with Gasteiger partial charge < -0.3 is 19.7 Å². The van der Waals surface area contributed by atoms with Crippen molar-refractivity contribution in [3.05, 3.63) is 118 Å². The van der Waals surface area contributed by atoms with Gasteiger partial charge in [0.15, 0.2) is 11.5 Å². The van der Waals surface area contributed by atoms with Crippen LogP contribution in [0.3, 0.4) is 0 Å². The molecule has 0 unspecified atom stereocenters. The molecule has 1 atom stereocenters. The SMILES string of the molecule is COc1ccc(N(CC(=O)N(Cc2ccc(Cl)c(Cl)c2)[C@@H](Cc2ccccc2)C(=O)NC2CCCCC2)S(=O)(=O)c2ccc(C)cc2)cc1OC. The smallest absolute Gasteiger partial charge is 0.264 e. The monoisotopic (exact) mass is 751 g/mol. The van der Waals surface area contributed by atoms with Gasteiger partial charge in [-0.15, -0.1) is 0 Å². The molecule has 270 valence electrons. The van der Waals surface area contributed by atoms with Crippen LogP contribution in [-0.2, 0) is 32.6 Å². The normalized spacial score (nSPS) is 14.0. The highest BCUT2D eigenvalue weighted by molar-refractivity contribution is 7.92. The van der Waals surface area contributed by atoms with Gasteiger partial charge >= 0.3 is 0 Å². The lowest BCUT2D eigenvalue weighted by atomic mass is 9.94. The van der Waals surface area contributed by atoms with Gasteiger partial charge in [0.05, 0.1) is 34.8 Å². The third-order valence-electron chi connectivity index (χ3n) is 9.10. The molecule has 2 amide bonds. The molecule has 1 saturated carbocycles. The molecule has 4 aromatic rings. The zero-order chi connectivity index (χ0) is 36.5. The number of carbonyl (C=O) groups excluding carboxylic acids is 2. The number of nitrogens with one attached hydrogen (secondary N) is 1. The van der Waals surface area contributed by atoms with Gasteiger partial charge in [0.1, 0.15) is 12.6 Å². The number of hydrogen-bond donors (Lipinski definition) is 1.